The van der Waals surface area contributed by atoms with Crippen LogP contribution in [0.25, 0.3) is 33.1 Å². The number of methoxy groups -OCH3 is 1. The lowest BCUT2D eigenvalue weighted by Gasteiger charge is -2.12. The molecule has 0 aliphatic heterocycles. The maximum absolute atomic E-state index is 13.6. The molecule has 0 saturated heterocycles. The summed E-state index contributed by atoms with van der Waals surface area (Å²) in [6.45, 7) is 5.12. The van der Waals surface area contributed by atoms with Gasteiger partial charge < -0.3 is 24.7 Å². The minimum atomic E-state index is -0.423. The highest BCUT2D eigenvalue weighted by Gasteiger charge is 2.26. The van der Waals surface area contributed by atoms with E-state index in [0.29, 0.717) is 30.2 Å². The molecule has 9 nitrogen and oxygen atoms in total. The number of carbonyl (C=O) groups is 2. The zero-order valence-electron chi connectivity index (χ0n) is 22.7. The molecule has 3 aromatic carbocycles. The predicted octanol–water partition coefficient (Wildman–Crippen LogP) is 6.47. The van der Waals surface area contributed by atoms with Gasteiger partial charge in [-0.05, 0) is 66.9 Å². The van der Waals surface area contributed by atoms with Crippen molar-refractivity contribution in [1.82, 2.24) is 18.6 Å². The van der Waals surface area contributed by atoms with Crippen LogP contribution >= 0.6 is 11.7 Å². The molecule has 0 bridgehead atoms. The van der Waals surface area contributed by atoms with E-state index < -0.39 is 5.97 Å². The molecule has 0 fully saturated rings. The second-order valence-corrected chi connectivity index (χ2v) is 9.84. The number of unbranched alkanes of at least 4 members (excludes halogenated alkanes) is 1. The van der Waals surface area contributed by atoms with Gasteiger partial charge in [-0.2, -0.15) is 8.75 Å². The van der Waals surface area contributed by atoms with E-state index in [9.17, 15) is 9.59 Å². The first kappa shape index (κ1) is 27.1. The fourth-order valence-electron chi connectivity index (χ4n) is 4.72. The molecule has 0 aliphatic rings. The number of hydrogen-bond acceptors (Lipinski definition) is 7. The van der Waals surface area contributed by atoms with Gasteiger partial charge in [0.25, 0.3) is 0 Å². The van der Waals surface area contributed by atoms with Crippen molar-refractivity contribution in [3.8, 4) is 16.9 Å². The molecule has 0 radical (unpaired) electrons. The van der Waals surface area contributed by atoms with Crippen molar-refractivity contribution in [3.63, 3.8) is 0 Å². The molecule has 0 spiro atoms. The Morgan fingerprint density at radius 3 is 2.52 bits per heavy atom. The number of nitrogens with zero attached hydrogens (tertiary/aromatic N) is 3. The number of esters is 1. The van der Waals surface area contributed by atoms with Crippen LogP contribution in [0.2, 0.25) is 0 Å². The van der Waals surface area contributed by atoms with Crippen LogP contribution in [0, 0.1) is 0 Å². The standard InChI is InChI=1S/C30H31N5O4S/c1-4-6-15-31-30(37)32-21-10-14-26-23(17-21)27(20-8-11-22(38-3)12-9-20)28(29(36)39-5-2)35(26)18-19-7-13-24-25(16-19)34-40-33-24/h7-14,16-17H,4-6,15,18H2,1-3H3,(H2,31,32,37). The van der Waals surface area contributed by atoms with E-state index in [1.807, 2.05) is 65.2 Å². The maximum Gasteiger partial charge on any atom is 0.355 e. The van der Waals surface area contributed by atoms with Gasteiger partial charge >= 0.3 is 12.0 Å². The number of urea groups is 1. The number of aromatic nitrogens is 3. The Morgan fingerprint density at radius 1 is 0.975 bits per heavy atom. The summed E-state index contributed by atoms with van der Waals surface area (Å²) in [6.07, 6.45) is 1.90. The van der Waals surface area contributed by atoms with Crippen LogP contribution in [-0.2, 0) is 11.3 Å². The number of carbonyl (C=O) groups excluding carboxylic acids is 2. The number of ether oxygens (including phenoxy) is 2. The molecule has 2 amide bonds. The molecule has 0 unspecified atom stereocenters. The van der Waals surface area contributed by atoms with E-state index in [2.05, 4.69) is 26.3 Å². The topological polar surface area (TPSA) is 107 Å². The quantitative estimate of drug-likeness (QED) is 0.151. The highest BCUT2D eigenvalue weighted by molar-refractivity contribution is 7.00. The van der Waals surface area contributed by atoms with Crippen LogP contribution in [0.5, 0.6) is 5.75 Å². The minimum Gasteiger partial charge on any atom is -0.497 e. The molecule has 0 saturated carbocycles. The van der Waals surface area contributed by atoms with Gasteiger partial charge in [-0.1, -0.05) is 31.5 Å². The molecular weight excluding hydrogens is 526 g/mol. The average Bonchev–Trinajstić information content (AvgIpc) is 3.55. The Hall–Kier alpha value is -4.44. The van der Waals surface area contributed by atoms with Gasteiger partial charge in [-0.3, -0.25) is 0 Å². The van der Waals surface area contributed by atoms with Gasteiger partial charge in [0.15, 0.2) is 0 Å². The number of nitrogens with one attached hydrogen (secondary N) is 2. The first-order valence-electron chi connectivity index (χ1n) is 13.3. The average molecular weight is 558 g/mol. The van der Waals surface area contributed by atoms with Gasteiger partial charge in [0.1, 0.15) is 22.5 Å². The SMILES string of the molecule is CCCCNC(=O)Nc1ccc2c(c1)c(-c1ccc(OC)cc1)c(C(=O)OCC)n2Cc1ccc2nsnc2c1. The second-order valence-electron chi connectivity index (χ2n) is 9.31. The summed E-state index contributed by atoms with van der Waals surface area (Å²) in [7, 11) is 1.61. The van der Waals surface area contributed by atoms with E-state index in [1.54, 1.807) is 14.0 Å². The number of anilines is 1. The summed E-state index contributed by atoms with van der Waals surface area (Å²) in [5.41, 5.74) is 6.07. The lowest BCUT2D eigenvalue weighted by molar-refractivity contribution is 0.0516. The molecule has 206 valence electrons. The monoisotopic (exact) mass is 557 g/mol. The van der Waals surface area contributed by atoms with Crippen LogP contribution in [0.3, 0.4) is 0 Å². The number of fused-ring (bicyclic) bond motifs is 2. The van der Waals surface area contributed by atoms with E-state index in [-0.39, 0.29) is 12.6 Å². The van der Waals surface area contributed by atoms with Gasteiger partial charge in [-0.15, -0.1) is 0 Å². The van der Waals surface area contributed by atoms with Gasteiger partial charge in [0.2, 0.25) is 0 Å². The van der Waals surface area contributed by atoms with E-state index >= 15 is 0 Å². The minimum absolute atomic E-state index is 0.240. The molecule has 2 aromatic heterocycles. The Bertz CT molecular complexity index is 1660. The third-order valence-corrected chi connectivity index (χ3v) is 7.20. The highest BCUT2D eigenvalue weighted by Crippen LogP contribution is 2.38. The smallest absolute Gasteiger partial charge is 0.355 e. The Balaban J connectivity index is 1.67. The van der Waals surface area contributed by atoms with Crippen LogP contribution < -0.4 is 15.4 Å². The molecule has 2 heterocycles. The van der Waals surface area contributed by atoms with Crippen molar-refractivity contribution in [2.45, 2.75) is 33.2 Å². The third-order valence-electron chi connectivity index (χ3n) is 6.64. The molecule has 0 aliphatic carbocycles. The summed E-state index contributed by atoms with van der Waals surface area (Å²) in [5, 5.41) is 6.63. The van der Waals surface area contributed by atoms with Gasteiger partial charge in [0.05, 0.1) is 25.4 Å². The Morgan fingerprint density at radius 2 is 1.77 bits per heavy atom. The Labute approximate surface area is 236 Å². The van der Waals surface area contributed by atoms with E-state index in [0.717, 1.165) is 51.5 Å². The van der Waals surface area contributed by atoms with Crippen LogP contribution in [0.15, 0.2) is 60.7 Å². The van der Waals surface area contributed by atoms with Crippen molar-refractivity contribution < 1.29 is 19.1 Å². The number of rotatable bonds is 10. The summed E-state index contributed by atoms with van der Waals surface area (Å²) in [5.74, 6) is 0.286. The predicted molar refractivity (Wildman–Crippen MR) is 158 cm³/mol. The molecule has 5 aromatic rings. The van der Waals surface area contributed by atoms with Gasteiger partial charge in [-0.25, -0.2) is 9.59 Å². The first-order chi connectivity index (χ1) is 19.5. The van der Waals surface area contributed by atoms with E-state index in [1.165, 1.54) is 11.7 Å². The molecule has 40 heavy (non-hydrogen) atoms. The van der Waals surface area contributed by atoms with Crippen LogP contribution in [0.1, 0.15) is 42.7 Å². The van der Waals surface area contributed by atoms with Crippen molar-refractivity contribution in [1.29, 1.82) is 0 Å². The lowest BCUT2D eigenvalue weighted by atomic mass is 10.0. The fraction of sp³-hybridized carbons (Fsp3) is 0.267. The van der Waals surface area contributed by atoms with Crippen LogP contribution in [-0.4, -0.2) is 45.6 Å². The molecule has 2 N–H and O–H groups in total. The number of hydrogen-bond donors (Lipinski definition) is 2. The normalized spacial score (nSPS) is 11.1. The zero-order valence-corrected chi connectivity index (χ0v) is 23.5. The summed E-state index contributed by atoms with van der Waals surface area (Å²) >= 11 is 1.17. The molecule has 0 atom stereocenters. The Kier molecular flexibility index (Phi) is 8.26. The number of benzene rings is 3. The van der Waals surface area contributed by atoms with E-state index in [4.69, 9.17) is 9.47 Å². The maximum atomic E-state index is 13.6. The summed E-state index contributed by atoms with van der Waals surface area (Å²) in [4.78, 5) is 26.1. The largest absolute Gasteiger partial charge is 0.497 e. The second kappa shape index (κ2) is 12.2. The van der Waals surface area contributed by atoms with Crippen molar-refractivity contribution in [2.24, 2.45) is 0 Å². The summed E-state index contributed by atoms with van der Waals surface area (Å²) < 4.78 is 21.6. The van der Waals surface area contributed by atoms with Gasteiger partial charge in [0, 0.05) is 35.2 Å². The zero-order chi connectivity index (χ0) is 28.1. The van der Waals surface area contributed by atoms with Crippen molar-refractivity contribution in [2.75, 3.05) is 25.6 Å². The summed E-state index contributed by atoms with van der Waals surface area (Å²) in [6, 6.07) is 18.9. The lowest BCUT2D eigenvalue weighted by Crippen LogP contribution is -2.29. The third kappa shape index (κ3) is 5.62. The highest BCUT2D eigenvalue weighted by atomic mass is 32.1. The fourth-order valence-corrected chi connectivity index (χ4v) is 5.24. The molecular formula is C30H31N5O4S. The van der Waals surface area contributed by atoms with Crippen molar-refractivity contribution in [3.05, 3.63) is 71.9 Å². The van der Waals surface area contributed by atoms with Crippen LogP contribution in [0.4, 0.5) is 10.5 Å². The molecule has 10 heteroatoms. The first-order valence-corrected chi connectivity index (χ1v) is 14.0. The number of amides is 2. The van der Waals surface area contributed by atoms with Crippen molar-refractivity contribution >= 4 is 51.4 Å². The molecule has 5 rings (SSSR count).